The zero-order valence-electron chi connectivity index (χ0n) is 22.0. The van der Waals surface area contributed by atoms with Crippen molar-refractivity contribution in [2.75, 3.05) is 7.11 Å². The molecule has 0 aliphatic heterocycles. The van der Waals surface area contributed by atoms with Crippen LogP contribution in [0.2, 0.25) is 0 Å². The van der Waals surface area contributed by atoms with Crippen LogP contribution in [-0.2, 0) is 11.1 Å². The third kappa shape index (κ3) is 4.19. The van der Waals surface area contributed by atoms with Gasteiger partial charge in [-0.3, -0.25) is 0 Å². The summed E-state index contributed by atoms with van der Waals surface area (Å²) in [5.41, 5.74) is 2.65. The minimum Gasteiger partial charge on any atom is -0.497 e. The van der Waals surface area contributed by atoms with Gasteiger partial charge < -0.3 is 14.4 Å². The highest BCUT2D eigenvalue weighted by atomic mass is 16.5. The number of fused-ring (bicyclic) bond motifs is 1. The first-order chi connectivity index (χ1) is 19.0. The van der Waals surface area contributed by atoms with Gasteiger partial charge in [0.05, 0.1) is 19.1 Å². The predicted octanol–water partition coefficient (Wildman–Crippen LogP) is 7.14. The number of aliphatic hydroxyl groups is 1. The van der Waals surface area contributed by atoms with E-state index in [1.165, 1.54) is 0 Å². The lowest BCUT2D eigenvalue weighted by molar-refractivity contribution is 0.0978. The second kappa shape index (κ2) is 9.90. The second-order valence-electron chi connectivity index (χ2n) is 9.97. The van der Waals surface area contributed by atoms with Crippen molar-refractivity contribution in [1.29, 1.82) is 0 Å². The van der Waals surface area contributed by atoms with Gasteiger partial charge in [-0.1, -0.05) is 109 Å². The van der Waals surface area contributed by atoms with E-state index in [4.69, 9.17) is 9.72 Å². The molecule has 0 spiro atoms. The van der Waals surface area contributed by atoms with Gasteiger partial charge >= 0.3 is 0 Å². The lowest BCUT2D eigenvalue weighted by Gasteiger charge is -2.37. The fraction of sp³-hybridized carbons (Fsp3) is 0.114. The molecule has 0 saturated carbocycles. The Bertz CT molecular complexity index is 1610. The van der Waals surface area contributed by atoms with Crippen LogP contribution in [0.4, 0.5) is 0 Å². The molecule has 6 aromatic rings. The molecule has 0 bridgehead atoms. The summed E-state index contributed by atoms with van der Waals surface area (Å²) in [7, 11) is 1.66. The highest BCUT2D eigenvalue weighted by Gasteiger charge is 2.40. The van der Waals surface area contributed by atoms with Crippen LogP contribution in [0.1, 0.15) is 34.9 Å². The van der Waals surface area contributed by atoms with Crippen LogP contribution in [0.3, 0.4) is 0 Å². The fourth-order valence-corrected chi connectivity index (χ4v) is 5.54. The van der Waals surface area contributed by atoms with Crippen LogP contribution in [-0.4, -0.2) is 21.8 Å². The van der Waals surface area contributed by atoms with Gasteiger partial charge in [-0.2, -0.15) is 0 Å². The van der Waals surface area contributed by atoms with E-state index in [1.54, 1.807) is 14.0 Å². The van der Waals surface area contributed by atoms with Crippen molar-refractivity contribution in [3.63, 3.8) is 0 Å². The standard InChI is InChI=1S/C35H30N2O2/c1-34(38,31-20-18-27-23-32(39-2)21-19-26(27)22-31)33-24-37(25-36-33)35(28-12-6-3-7-13-28,29-14-8-4-9-15-29)30-16-10-5-11-17-30/h3-25,38H,1-2H3. The quantitative estimate of drug-likeness (QED) is 0.232. The van der Waals surface area contributed by atoms with Gasteiger partial charge in [0.25, 0.3) is 0 Å². The van der Waals surface area contributed by atoms with Gasteiger partial charge in [-0.25, -0.2) is 4.98 Å². The Hall–Kier alpha value is -4.67. The van der Waals surface area contributed by atoms with Gasteiger partial charge in [0, 0.05) is 6.20 Å². The molecule has 0 radical (unpaired) electrons. The molecule has 39 heavy (non-hydrogen) atoms. The molecular weight excluding hydrogens is 480 g/mol. The molecule has 1 atom stereocenters. The Morgan fingerprint density at radius 2 is 1.15 bits per heavy atom. The van der Waals surface area contributed by atoms with Gasteiger partial charge in [-0.05, 0) is 58.1 Å². The molecule has 6 rings (SSSR count). The van der Waals surface area contributed by atoms with Crippen LogP contribution in [0, 0.1) is 0 Å². The predicted molar refractivity (Wildman–Crippen MR) is 156 cm³/mol. The van der Waals surface area contributed by atoms with E-state index in [0.29, 0.717) is 5.69 Å². The molecule has 0 aliphatic rings. The molecule has 1 N–H and O–H groups in total. The Morgan fingerprint density at radius 1 is 0.641 bits per heavy atom. The first kappa shape index (κ1) is 24.7. The first-order valence-electron chi connectivity index (χ1n) is 13.1. The van der Waals surface area contributed by atoms with Gasteiger partial charge in [0.1, 0.15) is 16.9 Å². The van der Waals surface area contributed by atoms with E-state index < -0.39 is 11.1 Å². The maximum atomic E-state index is 11.9. The molecule has 0 fully saturated rings. The minimum atomic E-state index is -1.31. The van der Waals surface area contributed by atoms with E-state index in [-0.39, 0.29) is 0 Å². The molecule has 5 aromatic carbocycles. The summed E-state index contributed by atoms with van der Waals surface area (Å²) in [4.78, 5) is 4.81. The van der Waals surface area contributed by atoms with E-state index >= 15 is 0 Å². The molecule has 1 heterocycles. The van der Waals surface area contributed by atoms with Crippen LogP contribution in [0.25, 0.3) is 10.8 Å². The number of methoxy groups -OCH3 is 1. The van der Waals surface area contributed by atoms with Crippen LogP contribution >= 0.6 is 0 Å². The fourth-order valence-electron chi connectivity index (χ4n) is 5.54. The Balaban J connectivity index is 1.53. The molecule has 1 aromatic heterocycles. The first-order valence-corrected chi connectivity index (χ1v) is 13.1. The highest BCUT2D eigenvalue weighted by Crippen LogP contribution is 2.42. The summed E-state index contributed by atoms with van der Waals surface area (Å²) in [5.74, 6) is 0.805. The van der Waals surface area contributed by atoms with Crippen molar-refractivity contribution in [2.24, 2.45) is 0 Å². The largest absolute Gasteiger partial charge is 0.497 e. The highest BCUT2D eigenvalue weighted by molar-refractivity contribution is 5.84. The Kier molecular flexibility index (Phi) is 6.26. The van der Waals surface area contributed by atoms with E-state index in [1.807, 2.05) is 67.1 Å². The Morgan fingerprint density at radius 3 is 1.69 bits per heavy atom. The molecule has 0 saturated heterocycles. The van der Waals surface area contributed by atoms with Crippen LogP contribution in [0.5, 0.6) is 5.75 Å². The van der Waals surface area contributed by atoms with Crippen molar-refractivity contribution in [2.45, 2.75) is 18.1 Å². The topological polar surface area (TPSA) is 47.3 Å². The SMILES string of the molecule is COc1ccc2cc(C(C)(O)c3cn(C(c4ccccc4)(c4ccccc4)c4ccccc4)cn3)ccc2c1. The van der Waals surface area contributed by atoms with Crippen molar-refractivity contribution in [3.8, 4) is 5.75 Å². The normalized spacial score (nSPS) is 13.2. The van der Waals surface area contributed by atoms with Gasteiger partial charge in [0.2, 0.25) is 0 Å². The average molecular weight is 511 g/mol. The number of aromatic nitrogens is 2. The third-order valence-corrected chi connectivity index (χ3v) is 7.65. The molecule has 1 unspecified atom stereocenters. The van der Waals surface area contributed by atoms with Crippen LogP contribution in [0.15, 0.2) is 140 Å². The number of rotatable bonds is 7. The van der Waals surface area contributed by atoms with E-state index in [0.717, 1.165) is 38.8 Å². The summed E-state index contributed by atoms with van der Waals surface area (Å²) >= 11 is 0. The van der Waals surface area contributed by atoms with E-state index in [2.05, 4.69) is 77.4 Å². The van der Waals surface area contributed by atoms with E-state index in [9.17, 15) is 5.11 Å². The molecule has 4 nitrogen and oxygen atoms in total. The van der Waals surface area contributed by atoms with Crippen molar-refractivity contribution in [3.05, 3.63) is 168 Å². The summed E-state index contributed by atoms with van der Waals surface area (Å²) in [6, 6.07) is 43.3. The monoisotopic (exact) mass is 510 g/mol. The Labute approximate surface area is 228 Å². The summed E-state index contributed by atoms with van der Waals surface area (Å²) in [6.07, 6.45) is 3.81. The molecule has 0 aliphatic carbocycles. The average Bonchev–Trinajstić information content (AvgIpc) is 3.50. The van der Waals surface area contributed by atoms with Crippen molar-refractivity contribution in [1.82, 2.24) is 9.55 Å². The number of ether oxygens (including phenoxy) is 1. The molecule has 4 heteroatoms. The molecular formula is C35H30N2O2. The lowest BCUT2D eigenvalue weighted by atomic mass is 9.76. The van der Waals surface area contributed by atoms with Gasteiger partial charge in [0.15, 0.2) is 0 Å². The zero-order valence-corrected chi connectivity index (χ0v) is 22.0. The number of imidazole rings is 1. The van der Waals surface area contributed by atoms with Gasteiger partial charge in [-0.15, -0.1) is 0 Å². The smallest absolute Gasteiger partial charge is 0.130 e. The zero-order chi connectivity index (χ0) is 26.9. The van der Waals surface area contributed by atoms with Crippen molar-refractivity contribution >= 4 is 10.8 Å². The number of hydrogen-bond acceptors (Lipinski definition) is 3. The summed E-state index contributed by atoms with van der Waals surface area (Å²) < 4.78 is 7.50. The number of nitrogens with zero attached hydrogens (tertiary/aromatic N) is 2. The maximum absolute atomic E-state index is 11.9. The molecule has 192 valence electrons. The summed E-state index contributed by atoms with van der Waals surface area (Å²) in [6.45, 7) is 1.81. The lowest BCUT2D eigenvalue weighted by Crippen LogP contribution is -2.37. The van der Waals surface area contributed by atoms with Crippen molar-refractivity contribution < 1.29 is 9.84 Å². The number of hydrogen-bond donors (Lipinski definition) is 1. The number of benzene rings is 5. The maximum Gasteiger partial charge on any atom is 0.130 e. The summed E-state index contributed by atoms with van der Waals surface area (Å²) in [5, 5.41) is 14.0. The van der Waals surface area contributed by atoms with Crippen LogP contribution < -0.4 is 4.74 Å². The third-order valence-electron chi connectivity index (χ3n) is 7.65. The minimum absolute atomic E-state index is 0.572. The molecule has 0 amide bonds. The second-order valence-corrected chi connectivity index (χ2v) is 9.97.